The smallest absolute Gasteiger partial charge is 0.140 e. The van der Waals surface area contributed by atoms with Crippen molar-refractivity contribution in [1.29, 1.82) is 0 Å². The van der Waals surface area contributed by atoms with Gasteiger partial charge >= 0.3 is 0 Å². The third-order valence-corrected chi connectivity index (χ3v) is 3.24. The second-order valence-corrected chi connectivity index (χ2v) is 4.87. The number of nitrogens with zero attached hydrogens (tertiary/aromatic N) is 3. The molecule has 0 bridgehead atoms. The Kier molecular flexibility index (Phi) is 3.96. The van der Waals surface area contributed by atoms with Gasteiger partial charge in [0.05, 0.1) is 6.61 Å². The Bertz CT molecular complexity index is 707. The number of ether oxygens (including phenoxy) is 1. The summed E-state index contributed by atoms with van der Waals surface area (Å²) in [7, 11) is 0. The van der Waals surface area contributed by atoms with Crippen LogP contribution in [0.3, 0.4) is 0 Å². The minimum atomic E-state index is 0.578. The summed E-state index contributed by atoms with van der Waals surface area (Å²) in [5.41, 5.74) is 2.26. The lowest BCUT2D eigenvalue weighted by Crippen LogP contribution is -2.07. The molecular weight excluding hydrogens is 262 g/mol. The van der Waals surface area contributed by atoms with Crippen LogP contribution in [0.4, 0.5) is 0 Å². The molecule has 0 aliphatic carbocycles. The quantitative estimate of drug-likeness (QED) is 0.720. The molecule has 0 spiro atoms. The van der Waals surface area contributed by atoms with Crippen LogP contribution in [-0.2, 0) is 6.42 Å². The number of hydrogen-bond donors (Lipinski definition) is 0. The van der Waals surface area contributed by atoms with Gasteiger partial charge in [-0.25, -0.2) is 0 Å². The standard InChI is InChI=1S/C17H17N3O/c1-14-6-5-9-16(12-14)21-11-10-17-19-18-13-20(17)15-7-3-2-4-8-15/h2-9,12-13H,10-11H2,1H3. The molecule has 4 heteroatoms. The largest absolute Gasteiger partial charge is 0.493 e. The highest BCUT2D eigenvalue weighted by atomic mass is 16.5. The number of rotatable bonds is 5. The number of aromatic nitrogens is 3. The highest BCUT2D eigenvalue weighted by Crippen LogP contribution is 2.13. The van der Waals surface area contributed by atoms with E-state index in [9.17, 15) is 0 Å². The minimum Gasteiger partial charge on any atom is -0.493 e. The summed E-state index contributed by atoms with van der Waals surface area (Å²) in [5, 5.41) is 8.17. The molecule has 1 aromatic heterocycles. The zero-order chi connectivity index (χ0) is 14.5. The first kappa shape index (κ1) is 13.4. The molecule has 0 fully saturated rings. The van der Waals surface area contributed by atoms with E-state index in [0.29, 0.717) is 13.0 Å². The molecular formula is C17H17N3O. The van der Waals surface area contributed by atoms with Gasteiger partial charge in [-0.1, -0.05) is 30.3 Å². The van der Waals surface area contributed by atoms with Gasteiger partial charge in [0.15, 0.2) is 0 Å². The van der Waals surface area contributed by atoms with E-state index in [2.05, 4.69) is 23.2 Å². The molecule has 4 nitrogen and oxygen atoms in total. The summed E-state index contributed by atoms with van der Waals surface area (Å²) < 4.78 is 7.76. The van der Waals surface area contributed by atoms with E-state index in [4.69, 9.17) is 4.74 Å². The van der Waals surface area contributed by atoms with Gasteiger partial charge in [0, 0.05) is 12.1 Å². The summed E-state index contributed by atoms with van der Waals surface area (Å²) >= 11 is 0. The van der Waals surface area contributed by atoms with E-state index in [1.165, 1.54) is 5.56 Å². The second-order valence-electron chi connectivity index (χ2n) is 4.87. The Morgan fingerprint density at radius 1 is 1.05 bits per heavy atom. The van der Waals surface area contributed by atoms with Crippen LogP contribution in [0, 0.1) is 6.92 Å². The highest BCUT2D eigenvalue weighted by molar-refractivity contribution is 5.32. The fourth-order valence-corrected chi connectivity index (χ4v) is 2.20. The Labute approximate surface area is 124 Å². The van der Waals surface area contributed by atoms with Crippen molar-refractivity contribution in [3.63, 3.8) is 0 Å². The number of aryl methyl sites for hydroxylation is 1. The van der Waals surface area contributed by atoms with Crippen LogP contribution in [0.1, 0.15) is 11.4 Å². The number of benzene rings is 2. The van der Waals surface area contributed by atoms with E-state index in [-0.39, 0.29) is 0 Å². The fraction of sp³-hybridized carbons (Fsp3) is 0.176. The van der Waals surface area contributed by atoms with Gasteiger partial charge in [-0.15, -0.1) is 10.2 Å². The molecule has 0 aliphatic rings. The molecule has 0 radical (unpaired) electrons. The maximum atomic E-state index is 5.77. The molecule has 0 unspecified atom stereocenters. The normalized spacial score (nSPS) is 10.5. The van der Waals surface area contributed by atoms with Crippen molar-refractivity contribution < 1.29 is 4.74 Å². The summed E-state index contributed by atoms with van der Waals surface area (Å²) in [6.45, 7) is 2.63. The minimum absolute atomic E-state index is 0.578. The van der Waals surface area contributed by atoms with Crippen molar-refractivity contribution in [2.24, 2.45) is 0 Å². The first-order chi connectivity index (χ1) is 10.3. The van der Waals surface area contributed by atoms with Crippen molar-refractivity contribution in [2.75, 3.05) is 6.61 Å². The van der Waals surface area contributed by atoms with Crippen LogP contribution in [0.2, 0.25) is 0 Å². The lowest BCUT2D eigenvalue weighted by molar-refractivity contribution is 0.318. The predicted molar refractivity (Wildman–Crippen MR) is 81.7 cm³/mol. The molecule has 1 heterocycles. The number of para-hydroxylation sites is 1. The lowest BCUT2D eigenvalue weighted by Gasteiger charge is -2.08. The summed E-state index contributed by atoms with van der Waals surface area (Å²) in [6, 6.07) is 18.1. The average Bonchev–Trinajstić information content (AvgIpc) is 2.97. The Morgan fingerprint density at radius 2 is 1.90 bits per heavy atom. The first-order valence-corrected chi connectivity index (χ1v) is 6.97. The van der Waals surface area contributed by atoms with E-state index in [1.807, 2.05) is 53.1 Å². The molecule has 0 saturated carbocycles. The molecule has 3 rings (SSSR count). The lowest BCUT2D eigenvalue weighted by atomic mass is 10.2. The molecule has 0 amide bonds. The van der Waals surface area contributed by atoms with E-state index in [0.717, 1.165) is 17.3 Å². The Balaban J connectivity index is 1.66. The molecule has 0 saturated heterocycles. The number of hydrogen-bond acceptors (Lipinski definition) is 3. The Hall–Kier alpha value is -2.62. The third kappa shape index (κ3) is 3.28. The van der Waals surface area contributed by atoms with Crippen LogP contribution in [0.15, 0.2) is 60.9 Å². The summed E-state index contributed by atoms with van der Waals surface area (Å²) in [5.74, 6) is 1.79. The SMILES string of the molecule is Cc1cccc(OCCc2nncn2-c2ccccc2)c1. The molecule has 0 aliphatic heterocycles. The molecule has 106 valence electrons. The van der Waals surface area contributed by atoms with Crippen molar-refractivity contribution in [3.8, 4) is 11.4 Å². The second kappa shape index (κ2) is 6.22. The van der Waals surface area contributed by atoms with E-state index < -0.39 is 0 Å². The first-order valence-electron chi connectivity index (χ1n) is 6.97. The molecule has 0 N–H and O–H groups in total. The van der Waals surface area contributed by atoms with Crippen molar-refractivity contribution in [1.82, 2.24) is 14.8 Å². The summed E-state index contributed by atoms with van der Waals surface area (Å²) in [4.78, 5) is 0. The van der Waals surface area contributed by atoms with Gasteiger partial charge in [0.25, 0.3) is 0 Å². The molecule has 2 aromatic carbocycles. The predicted octanol–water partition coefficient (Wildman–Crippen LogP) is 3.20. The topological polar surface area (TPSA) is 39.9 Å². The van der Waals surface area contributed by atoms with Gasteiger partial charge in [0.1, 0.15) is 17.9 Å². The van der Waals surface area contributed by atoms with Crippen LogP contribution >= 0.6 is 0 Å². The van der Waals surface area contributed by atoms with E-state index >= 15 is 0 Å². The van der Waals surface area contributed by atoms with Gasteiger partial charge in [-0.2, -0.15) is 0 Å². The highest BCUT2D eigenvalue weighted by Gasteiger charge is 2.06. The van der Waals surface area contributed by atoms with Gasteiger partial charge in [-0.3, -0.25) is 4.57 Å². The van der Waals surface area contributed by atoms with Crippen LogP contribution < -0.4 is 4.74 Å². The summed E-state index contributed by atoms with van der Waals surface area (Å²) in [6.07, 6.45) is 2.44. The van der Waals surface area contributed by atoms with Crippen LogP contribution in [0.25, 0.3) is 5.69 Å². The van der Waals surface area contributed by atoms with Gasteiger partial charge in [-0.05, 0) is 36.8 Å². The van der Waals surface area contributed by atoms with Crippen molar-refractivity contribution >= 4 is 0 Å². The van der Waals surface area contributed by atoms with Crippen molar-refractivity contribution in [2.45, 2.75) is 13.3 Å². The third-order valence-electron chi connectivity index (χ3n) is 3.24. The van der Waals surface area contributed by atoms with E-state index in [1.54, 1.807) is 6.33 Å². The average molecular weight is 279 g/mol. The zero-order valence-electron chi connectivity index (χ0n) is 11.9. The molecule has 3 aromatic rings. The fourth-order valence-electron chi connectivity index (χ4n) is 2.20. The Morgan fingerprint density at radius 3 is 2.71 bits per heavy atom. The van der Waals surface area contributed by atoms with Crippen LogP contribution in [0.5, 0.6) is 5.75 Å². The molecule has 0 atom stereocenters. The zero-order valence-corrected chi connectivity index (χ0v) is 11.9. The van der Waals surface area contributed by atoms with Crippen LogP contribution in [-0.4, -0.2) is 21.4 Å². The van der Waals surface area contributed by atoms with Gasteiger partial charge < -0.3 is 4.74 Å². The van der Waals surface area contributed by atoms with Gasteiger partial charge in [0.2, 0.25) is 0 Å². The maximum absolute atomic E-state index is 5.77. The monoisotopic (exact) mass is 279 g/mol. The molecule has 21 heavy (non-hydrogen) atoms. The maximum Gasteiger partial charge on any atom is 0.140 e. The van der Waals surface area contributed by atoms with Crippen molar-refractivity contribution in [3.05, 3.63) is 72.3 Å².